The van der Waals surface area contributed by atoms with E-state index in [1.165, 1.54) is 7.11 Å². The van der Waals surface area contributed by atoms with Crippen molar-refractivity contribution >= 4 is 11.8 Å². The van der Waals surface area contributed by atoms with Crippen molar-refractivity contribution in [1.82, 2.24) is 0 Å². The minimum atomic E-state index is -0.794. The fourth-order valence-corrected chi connectivity index (χ4v) is 0.716. The maximum atomic E-state index is 11.1. The highest BCUT2D eigenvalue weighted by Crippen LogP contribution is 2.00. The Bertz CT molecular complexity index is 239. The van der Waals surface area contributed by atoms with E-state index in [1.807, 2.05) is 13.0 Å². The van der Waals surface area contributed by atoms with E-state index >= 15 is 0 Å². The molecule has 1 unspecified atom stereocenters. The summed E-state index contributed by atoms with van der Waals surface area (Å²) in [6.07, 6.45) is 7.01. The lowest BCUT2D eigenvalue weighted by molar-refractivity contribution is -0.152. The van der Waals surface area contributed by atoms with Gasteiger partial charge in [-0.2, -0.15) is 0 Å². The first-order valence-corrected chi connectivity index (χ1v) is 4.05. The Labute approximate surface area is 78.1 Å². The number of hydrogen-bond donors (Lipinski definition) is 0. The van der Waals surface area contributed by atoms with E-state index in [0.29, 0.717) is 0 Å². The average Bonchev–Trinajstić information content (AvgIpc) is 2.15. The van der Waals surface area contributed by atoms with Gasteiger partial charge in [-0.25, -0.2) is 4.79 Å². The number of ether oxygens (including phenoxy) is 1. The van der Waals surface area contributed by atoms with Gasteiger partial charge in [-0.05, 0) is 6.92 Å². The molecule has 0 aliphatic heterocycles. The first kappa shape index (κ1) is 11.6. The van der Waals surface area contributed by atoms with Gasteiger partial charge >= 0.3 is 5.97 Å². The number of methoxy groups -OCH3 is 1. The van der Waals surface area contributed by atoms with Gasteiger partial charge in [0.2, 0.25) is 5.78 Å². The Morgan fingerprint density at radius 1 is 1.31 bits per heavy atom. The second-order valence-electron chi connectivity index (χ2n) is 2.56. The quantitative estimate of drug-likeness (QED) is 0.376. The molecule has 0 bridgehead atoms. The zero-order chi connectivity index (χ0) is 10.3. The molecule has 0 saturated carbocycles. The van der Waals surface area contributed by atoms with Crippen LogP contribution in [0, 0.1) is 5.92 Å². The third-order valence-electron chi connectivity index (χ3n) is 1.50. The zero-order valence-corrected chi connectivity index (χ0v) is 8.11. The Morgan fingerprint density at radius 3 is 2.38 bits per heavy atom. The molecule has 0 heterocycles. The van der Waals surface area contributed by atoms with Gasteiger partial charge in [0.1, 0.15) is 0 Å². The van der Waals surface area contributed by atoms with E-state index in [9.17, 15) is 9.59 Å². The normalized spacial score (nSPS) is 13.5. The lowest BCUT2D eigenvalue weighted by atomic mass is 10.1. The van der Waals surface area contributed by atoms with Crippen LogP contribution in [-0.4, -0.2) is 18.9 Å². The van der Waals surface area contributed by atoms with Crippen molar-refractivity contribution in [3.05, 3.63) is 24.3 Å². The highest BCUT2D eigenvalue weighted by molar-refractivity contribution is 6.34. The Kier molecular flexibility index (Phi) is 5.52. The first-order valence-electron chi connectivity index (χ1n) is 4.05. The molecule has 0 radical (unpaired) electrons. The summed E-state index contributed by atoms with van der Waals surface area (Å²) >= 11 is 0. The number of Topliss-reactive ketones (excluding diaryl/α,β-unsaturated/α-hetero) is 1. The fraction of sp³-hybridized carbons (Fsp3) is 0.400. The van der Waals surface area contributed by atoms with Gasteiger partial charge in [0.05, 0.1) is 7.11 Å². The van der Waals surface area contributed by atoms with Crippen LogP contribution in [0.15, 0.2) is 24.3 Å². The van der Waals surface area contributed by atoms with Crippen molar-refractivity contribution < 1.29 is 14.3 Å². The molecule has 0 amide bonds. The highest BCUT2D eigenvalue weighted by atomic mass is 16.5. The summed E-state index contributed by atoms with van der Waals surface area (Å²) in [6, 6.07) is 0. The summed E-state index contributed by atoms with van der Waals surface area (Å²) in [6.45, 7) is 3.52. The maximum absolute atomic E-state index is 11.1. The predicted octanol–water partition coefficient (Wildman–Crippen LogP) is 1.50. The van der Waals surface area contributed by atoms with Crippen molar-refractivity contribution in [2.45, 2.75) is 13.8 Å². The third kappa shape index (κ3) is 4.25. The van der Waals surface area contributed by atoms with E-state index in [-0.39, 0.29) is 0 Å². The van der Waals surface area contributed by atoms with Gasteiger partial charge in [0, 0.05) is 5.92 Å². The number of ketones is 1. The minimum Gasteiger partial charge on any atom is -0.463 e. The molecule has 13 heavy (non-hydrogen) atoms. The van der Waals surface area contributed by atoms with Crippen LogP contribution in [0.4, 0.5) is 0 Å². The molecule has 0 aromatic carbocycles. The van der Waals surface area contributed by atoms with Crippen LogP contribution < -0.4 is 0 Å². The Hall–Kier alpha value is -1.38. The molecule has 3 heteroatoms. The molecular formula is C10H14O3. The molecule has 0 fully saturated rings. The molecule has 0 aliphatic rings. The van der Waals surface area contributed by atoms with Crippen LogP contribution in [0.1, 0.15) is 13.8 Å². The van der Waals surface area contributed by atoms with Crippen LogP contribution in [-0.2, 0) is 14.3 Å². The Balaban J connectivity index is 4.18. The van der Waals surface area contributed by atoms with Crippen molar-refractivity contribution in [2.75, 3.05) is 7.11 Å². The van der Waals surface area contributed by atoms with E-state index in [2.05, 4.69) is 4.74 Å². The number of carbonyl (C=O) groups is 2. The maximum Gasteiger partial charge on any atom is 0.374 e. The molecule has 3 nitrogen and oxygen atoms in total. The van der Waals surface area contributed by atoms with Crippen molar-refractivity contribution in [3.63, 3.8) is 0 Å². The number of allylic oxidation sites excluding steroid dienone is 4. The van der Waals surface area contributed by atoms with E-state index in [4.69, 9.17) is 0 Å². The van der Waals surface area contributed by atoms with E-state index in [0.717, 1.165) is 0 Å². The monoisotopic (exact) mass is 182 g/mol. The molecule has 0 N–H and O–H groups in total. The minimum absolute atomic E-state index is 0.427. The topological polar surface area (TPSA) is 43.4 Å². The standard InChI is InChI=1S/C10H14O3/c1-4-5-6-7-8(2)9(11)10(12)13-3/h4-8H,1-3H3/b5-4-,7-6-. The van der Waals surface area contributed by atoms with Gasteiger partial charge in [0.25, 0.3) is 0 Å². The summed E-state index contributed by atoms with van der Waals surface area (Å²) in [5.41, 5.74) is 0. The largest absolute Gasteiger partial charge is 0.463 e. The Morgan fingerprint density at radius 2 is 1.92 bits per heavy atom. The van der Waals surface area contributed by atoms with Crippen LogP contribution in [0.2, 0.25) is 0 Å². The summed E-state index contributed by atoms with van der Waals surface area (Å²) in [5, 5.41) is 0. The fourth-order valence-electron chi connectivity index (χ4n) is 0.716. The number of hydrogen-bond acceptors (Lipinski definition) is 3. The third-order valence-corrected chi connectivity index (χ3v) is 1.50. The summed E-state index contributed by atoms with van der Waals surface area (Å²) in [4.78, 5) is 21.9. The van der Waals surface area contributed by atoms with Gasteiger partial charge in [0.15, 0.2) is 0 Å². The lowest BCUT2D eigenvalue weighted by Crippen LogP contribution is -2.21. The van der Waals surface area contributed by atoms with E-state index < -0.39 is 17.7 Å². The van der Waals surface area contributed by atoms with Gasteiger partial charge < -0.3 is 4.74 Å². The van der Waals surface area contributed by atoms with Crippen LogP contribution in [0.3, 0.4) is 0 Å². The molecule has 0 aliphatic carbocycles. The molecule has 72 valence electrons. The number of rotatable bonds is 4. The van der Waals surface area contributed by atoms with Crippen LogP contribution >= 0.6 is 0 Å². The van der Waals surface area contributed by atoms with Gasteiger partial charge in [-0.3, -0.25) is 4.79 Å². The molecule has 0 rings (SSSR count). The van der Waals surface area contributed by atoms with Gasteiger partial charge in [-0.15, -0.1) is 0 Å². The van der Waals surface area contributed by atoms with Crippen LogP contribution in [0.5, 0.6) is 0 Å². The van der Waals surface area contributed by atoms with Crippen molar-refractivity contribution in [1.29, 1.82) is 0 Å². The number of esters is 1. The molecular weight excluding hydrogens is 168 g/mol. The van der Waals surface area contributed by atoms with Gasteiger partial charge in [-0.1, -0.05) is 31.2 Å². The molecule has 1 atom stereocenters. The zero-order valence-electron chi connectivity index (χ0n) is 8.11. The van der Waals surface area contributed by atoms with Crippen LogP contribution in [0.25, 0.3) is 0 Å². The molecule has 0 spiro atoms. The summed E-state index contributed by atoms with van der Waals surface area (Å²) in [7, 11) is 1.20. The van der Waals surface area contributed by atoms with Crippen molar-refractivity contribution in [3.8, 4) is 0 Å². The summed E-state index contributed by atoms with van der Waals surface area (Å²) in [5.74, 6) is -1.75. The lowest BCUT2D eigenvalue weighted by Gasteiger charge is -2.01. The predicted molar refractivity (Wildman–Crippen MR) is 50.1 cm³/mol. The summed E-state index contributed by atoms with van der Waals surface area (Å²) < 4.78 is 4.30. The molecule has 0 aromatic rings. The smallest absolute Gasteiger partial charge is 0.374 e. The molecule has 0 saturated heterocycles. The van der Waals surface area contributed by atoms with Crippen molar-refractivity contribution in [2.24, 2.45) is 5.92 Å². The number of carbonyl (C=O) groups excluding carboxylic acids is 2. The average molecular weight is 182 g/mol. The molecule has 0 aromatic heterocycles. The first-order chi connectivity index (χ1) is 6.13. The second kappa shape index (κ2) is 6.17. The SMILES string of the molecule is C/C=C\C=C/C(C)C(=O)C(=O)OC. The van der Waals surface area contributed by atoms with E-state index in [1.54, 1.807) is 25.2 Å². The highest BCUT2D eigenvalue weighted by Gasteiger charge is 2.18. The second-order valence-corrected chi connectivity index (χ2v) is 2.56.